The number of halogens is 1. The maximum absolute atomic E-state index is 13.2. The topological polar surface area (TPSA) is 26.3 Å². The van der Waals surface area contributed by atoms with Crippen LogP contribution in [0.2, 0.25) is 0 Å². The van der Waals surface area contributed by atoms with Crippen LogP contribution in [0.4, 0.5) is 4.39 Å². The lowest BCUT2D eigenvalue weighted by Gasteiger charge is -2.04. The molecule has 0 spiro atoms. The number of benzene rings is 1. The maximum Gasteiger partial charge on any atom is 0.191 e. The Labute approximate surface area is 94.7 Å². The van der Waals surface area contributed by atoms with Crippen LogP contribution in [0.1, 0.15) is 23.7 Å². The van der Waals surface area contributed by atoms with E-state index in [1.165, 1.54) is 12.1 Å². The van der Waals surface area contributed by atoms with Gasteiger partial charge in [-0.05, 0) is 25.5 Å². The fourth-order valence-corrected chi connectivity index (χ4v) is 1.18. The first-order valence-corrected chi connectivity index (χ1v) is 5.11. The number of rotatable bonds is 6. The lowest BCUT2D eigenvalue weighted by atomic mass is 10.1. The van der Waals surface area contributed by atoms with Gasteiger partial charge in [0.05, 0.1) is 12.2 Å². The third-order valence-corrected chi connectivity index (χ3v) is 2.08. The quantitative estimate of drug-likeness (QED) is 0.420. The van der Waals surface area contributed by atoms with E-state index in [0.717, 1.165) is 5.57 Å². The van der Waals surface area contributed by atoms with E-state index >= 15 is 0 Å². The third kappa shape index (κ3) is 3.95. The standard InChI is InChI=1S/C13H15FO2/c1-10(2)7-8-16-9-13(15)11-5-3-4-6-12(11)14/h3-6H,1,7-9H2,2H3. The van der Waals surface area contributed by atoms with E-state index in [2.05, 4.69) is 6.58 Å². The molecule has 0 aromatic heterocycles. The first-order valence-electron chi connectivity index (χ1n) is 5.11. The van der Waals surface area contributed by atoms with E-state index in [0.29, 0.717) is 13.0 Å². The van der Waals surface area contributed by atoms with Crippen LogP contribution in [0.25, 0.3) is 0 Å². The van der Waals surface area contributed by atoms with Gasteiger partial charge in [0, 0.05) is 0 Å². The molecule has 1 aromatic carbocycles. The van der Waals surface area contributed by atoms with E-state index < -0.39 is 5.82 Å². The molecular weight excluding hydrogens is 207 g/mol. The van der Waals surface area contributed by atoms with Gasteiger partial charge in [0.1, 0.15) is 12.4 Å². The lowest BCUT2D eigenvalue weighted by molar-refractivity contribution is 0.0761. The monoisotopic (exact) mass is 222 g/mol. The van der Waals surface area contributed by atoms with Crippen molar-refractivity contribution >= 4 is 5.78 Å². The van der Waals surface area contributed by atoms with Crippen molar-refractivity contribution in [2.45, 2.75) is 13.3 Å². The molecule has 0 saturated carbocycles. The van der Waals surface area contributed by atoms with Gasteiger partial charge in [-0.15, -0.1) is 6.58 Å². The van der Waals surface area contributed by atoms with Crippen LogP contribution >= 0.6 is 0 Å². The molecule has 0 aliphatic carbocycles. The van der Waals surface area contributed by atoms with E-state index in [-0.39, 0.29) is 18.0 Å². The Kier molecular flexibility index (Phi) is 4.86. The smallest absolute Gasteiger partial charge is 0.191 e. The van der Waals surface area contributed by atoms with Crippen molar-refractivity contribution < 1.29 is 13.9 Å². The molecule has 1 rings (SSSR count). The van der Waals surface area contributed by atoms with Crippen LogP contribution < -0.4 is 0 Å². The number of ketones is 1. The van der Waals surface area contributed by atoms with E-state index in [1.54, 1.807) is 12.1 Å². The van der Waals surface area contributed by atoms with Crippen LogP contribution in [0, 0.1) is 5.82 Å². The summed E-state index contributed by atoms with van der Waals surface area (Å²) >= 11 is 0. The van der Waals surface area contributed by atoms with Crippen LogP contribution in [-0.2, 0) is 4.74 Å². The summed E-state index contributed by atoms with van der Waals surface area (Å²) in [6.45, 7) is 5.96. The number of Topliss-reactive ketones (excluding diaryl/α,β-unsaturated/α-hetero) is 1. The minimum absolute atomic E-state index is 0.0813. The zero-order chi connectivity index (χ0) is 12.0. The normalized spacial score (nSPS) is 10.1. The Morgan fingerprint density at radius 1 is 1.44 bits per heavy atom. The fourth-order valence-electron chi connectivity index (χ4n) is 1.18. The Morgan fingerprint density at radius 2 is 2.12 bits per heavy atom. The molecule has 0 fully saturated rings. The molecule has 1 aromatic rings. The summed E-state index contributed by atoms with van der Waals surface area (Å²) in [6, 6.07) is 5.90. The summed E-state index contributed by atoms with van der Waals surface area (Å²) in [5, 5.41) is 0. The molecule has 0 radical (unpaired) electrons. The summed E-state index contributed by atoms with van der Waals surface area (Å²) in [5.74, 6) is -0.837. The van der Waals surface area contributed by atoms with Crippen molar-refractivity contribution in [3.63, 3.8) is 0 Å². The Balaban J connectivity index is 2.41. The molecule has 0 heterocycles. The van der Waals surface area contributed by atoms with Gasteiger partial charge in [-0.1, -0.05) is 17.7 Å². The molecule has 0 amide bonds. The molecule has 16 heavy (non-hydrogen) atoms. The number of carbonyl (C=O) groups excluding carboxylic acids is 1. The van der Waals surface area contributed by atoms with Gasteiger partial charge in [-0.3, -0.25) is 4.79 Å². The minimum atomic E-state index is -0.504. The Bertz CT molecular complexity index is 385. The van der Waals surface area contributed by atoms with E-state index in [4.69, 9.17) is 4.74 Å². The van der Waals surface area contributed by atoms with Crippen molar-refractivity contribution in [3.05, 3.63) is 47.8 Å². The zero-order valence-electron chi connectivity index (χ0n) is 9.33. The van der Waals surface area contributed by atoms with Crippen LogP contribution in [-0.4, -0.2) is 19.0 Å². The number of hydrogen-bond acceptors (Lipinski definition) is 2. The van der Waals surface area contributed by atoms with Crippen molar-refractivity contribution in [2.24, 2.45) is 0 Å². The van der Waals surface area contributed by atoms with E-state index in [1.807, 2.05) is 6.92 Å². The molecule has 2 nitrogen and oxygen atoms in total. The first-order chi connectivity index (χ1) is 7.61. The number of hydrogen-bond donors (Lipinski definition) is 0. The molecule has 0 N–H and O–H groups in total. The zero-order valence-corrected chi connectivity index (χ0v) is 9.33. The largest absolute Gasteiger partial charge is 0.373 e. The van der Waals surface area contributed by atoms with Gasteiger partial charge < -0.3 is 4.74 Å². The molecular formula is C13H15FO2. The predicted molar refractivity (Wildman–Crippen MR) is 61.0 cm³/mol. The van der Waals surface area contributed by atoms with Gasteiger partial charge >= 0.3 is 0 Å². The molecule has 0 bridgehead atoms. The van der Waals surface area contributed by atoms with Gasteiger partial charge in [-0.25, -0.2) is 4.39 Å². The van der Waals surface area contributed by atoms with Crippen LogP contribution in [0.3, 0.4) is 0 Å². The lowest BCUT2D eigenvalue weighted by Crippen LogP contribution is -2.11. The van der Waals surface area contributed by atoms with Crippen molar-refractivity contribution in [2.75, 3.05) is 13.2 Å². The highest BCUT2D eigenvalue weighted by atomic mass is 19.1. The molecule has 0 saturated heterocycles. The summed E-state index contributed by atoms with van der Waals surface area (Å²) in [7, 11) is 0. The highest BCUT2D eigenvalue weighted by molar-refractivity contribution is 5.97. The summed E-state index contributed by atoms with van der Waals surface area (Å²) < 4.78 is 18.3. The molecule has 0 aliphatic rings. The maximum atomic E-state index is 13.2. The molecule has 0 aliphatic heterocycles. The van der Waals surface area contributed by atoms with Crippen molar-refractivity contribution in [3.8, 4) is 0 Å². The summed E-state index contributed by atoms with van der Waals surface area (Å²) in [4.78, 5) is 11.5. The Hall–Kier alpha value is -1.48. The SMILES string of the molecule is C=C(C)CCOCC(=O)c1ccccc1F. The van der Waals surface area contributed by atoms with Crippen LogP contribution in [0.5, 0.6) is 0 Å². The van der Waals surface area contributed by atoms with Gasteiger partial charge in [0.2, 0.25) is 0 Å². The van der Waals surface area contributed by atoms with Gasteiger partial charge in [0.25, 0.3) is 0 Å². The van der Waals surface area contributed by atoms with Gasteiger partial charge in [-0.2, -0.15) is 0 Å². The molecule has 0 atom stereocenters. The highest BCUT2D eigenvalue weighted by Gasteiger charge is 2.10. The van der Waals surface area contributed by atoms with Crippen LogP contribution in [0.15, 0.2) is 36.4 Å². The second-order valence-corrected chi connectivity index (χ2v) is 3.66. The molecule has 0 unspecified atom stereocenters. The molecule has 86 valence electrons. The third-order valence-electron chi connectivity index (χ3n) is 2.08. The fraction of sp³-hybridized carbons (Fsp3) is 0.308. The highest BCUT2D eigenvalue weighted by Crippen LogP contribution is 2.07. The average molecular weight is 222 g/mol. The van der Waals surface area contributed by atoms with Gasteiger partial charge in [0.15, 0.2) is 5.78 Å². The molecule has 3 heteroatoms. The second-order valence-electron chi connectivity index (χ2n) is 3.66. The van der Waals surface area contributed by atoms with Crippen molar-refractivity contribution in [1.29, 1.82) is 0 Å². The predicted octanol–water partition coefficient (Wildman–Crippen LogP) is 2.99. The average Bonchev–Trinajstić information content (AvgIpc) is 2.24. The van der Waals surface area contributed by atoms with Crippen molar-refractivity contribution in [1.82, 2.24) is 0 Å². The first kappa shape index (κ1) is 12.6. The number of carbonyl (C=O) groups is 1. The summed E-state index contributed by atoms with van der Waals surface area (Å²) in [5.41, 5.74) is 1.08. The summed E-state index contributed by atoms with van der Waals surface area (Å²) in [6.07, 6.45) is 0.713. The number of ether oxygens (including phenoxy) is 1. The van der Waals surface area contributed by atoms with E-state index in [9.17, 15) is 9.18 Å². The Morgan fingerprint density at radius 3 is 2.75 bits per heavy atom. The minimum Gasteiger partial charge on any atom is -0.373 e. The second kappa shape index (κ2) is 6.18.